The first-order valence-corrected chi connectivity index (χ1v) is 12.0. The number of nitrogens with zero attached hydrogens (tertiary/aromatic N) is 2. The minimum Gasteiger partial charge on any atom is -0.334 e. The summed E-state index contributed by atoms with van der Waals surface area (Å²) in [5.74, 6) is 0. The van der Waals surface area contributed by atoms with Crippen molar-refractivity contribution in [3.8, 4) is 0 Å². The molecule has 0 atom stereocenters. The molecule has 1 fully saturated rings. The van der Waals surface area contributed by atoms with Gasteiger partial charge in [-0.25, -0.2) is 13.2 Å². The molecule has 0 unspecified atom stereocenters. The number of carbonyl (C=O) groups is 1. The van der Waals surface area contributed by atoms with Crippen LogP contribution < -0.4 is 5.32 Å². The van der Waals surface area contributed by atoms with E-state index in [9.17, 15) is 13.2 Å². The Morgan fingerprint density at radius 2 is 1.73 bits per heavy atom. The summed E-state index contributed by atoms with van der Waals surface area (Å²) in [6.07, 6.45) is 2.87. The lowest BCUT2D eigenvalue weighted by molar-refractivity contribution is 0.206. The smallest absolute Gasteiger partial charge is 0.317 e. The molecule has 1 heterocycles. The number of benzene rings is 2. The van der Waals surface area contributed by atoms with Crippen LogP contribution in [-0.2, 0) is 23.1 Å². The maximum absolute atomic E-state index is 12.7. The first kappa shape index (κ1) is 22.9. The van der Waals surface area contributed by atoms with Gasteiger partial charge in [0.05, 0.1) is 14.9 Å². The molecule has 1 aliphatic rings. The van der Waals surface area contributed by atoms with E-state index in [2.05, 4.69) is 5.32 Å². The van der Waals surface area contributed by atoms with Crippen molar-refractivity contribution >= 4 is 39.3 Å². The van der Waals surface area contributed by atoms with Gasteiger partial charge in [0.1, 0.15) is 0 Å². The van der Waals surface area contributed by atoms with E-state index in [4.69, 9.17) is 23.2 Å². The Morgan fingerprint density at radius 1 is 1.07 bits per heavy atom. The van der Waals surface area contributed by atoms with E-state index in [-0.39, 0.29) is 17.5 Å². The maximum atomic E-state index is 12.7. The molecule has 0 aromatic heterocycles. The van der Waals surface area contributed by atoms with E-state index in [1.54, 1.807) is 47.8 Å². The van der Waals surface area contributed by atoms with Gasteiger partial charge in [0.2, 0.25) is 10.0 Å². The van der Waals surface area contributed by atoms with Gasteiger partial charge < -0.3 is 10.2 Å². The van der Waals surface area contributed by atoms with Crippen LogP contribution in [0.5, 0.6) is 0 Å². The van der Waals surface area contributed by atoms with Gasteiger partial charge in [0, 0.05) is 33.2 Å². The lowest BCUT2D eigenvalue weighted by Gasteiger charge is -2.25. The van der Waals surface area contributed by atoms with Crippen molar-refractivity contribution in [2.45, 2.75) is 37.2 Å². The average molecular weight is 470 g/mol. The van der Waals surface area contributed by atoms with Gasteiger partial charge in [0.15, 0.2) is 0 Å². The number of sulfonamides is 1. The van der Waals surface area contributed by atoms with Crippen LogP contribution >= 0.6 is 23.2 Å². The monoisotopic (exact) mass is 469 g/mol. The first-order chi connectivity index (χ1) is 14.3. The second-order valence-electron chi connectivity index (χ2n) is 7.34. The number of hydrogen-bond acceptors (Lipinski definition) is 3. The lowest BCUT2D eigenvalue weighted by atomic mass is 10.2. The zero-order valence-electron chi connectivity index (χ0n) is 16.8. The molecule has 0 aliphatic carbocycles. The van der Waals surface area contributed by atoms with Crippen LogP contribution in [0, 0.1) is 0 Å². The highest BCUT2D eigenvalue weighted by Crippen LogP contribution is 2.26. The van der Waals surface area contributed by atoms with Crippen molar-refractivity contribution in [1.82, 2.24) is 14.5 Å². The third-order valence-electron chi connectivity index (χ3n) is 5.11. The molecule has 9 heteroatoms. The molecule has 0 radical (unpaired) electrons. The van der Waals surface area contributed by atoms with Gasteiger partial charge in [-0.05, 0) is 42.2 Å². The number of carbonyl (C=O) groups excluding carboxylic acids is 1. The van der Waals surface area contributed by atoms with Crippen molar-refractivity contribution in [2.24, 2.45) is 0 Å². The molecule has 2 amide bonds. The Hall–Kier alpha value is -1.80. The third kappa shape index (κ3) is 5.46. The summed E-state index contributed by atoms with van der Waals surface area (Å²) in [7, 11) is -1.78. The molecule has 3 rings (SSSR count). The molecule has 1 aliphatic heterocycles. The summed E-state index contributed by atoms with van der Waals surface area (Å²) in [5, 5.41) is 3.71. The molecule has 1 N–H and O–H groups in total. The molecule has 1 saturated heterocycles. The quantitative estimate of drug-likeness (QED) is 0.676. The number of hydrogen-bond donors (Lipinski definition) is 1. The minimum absolute atomic E-state index is 0.268. The number of halogens is 2. The molecule has 6 nitrogen and oxygen atoms in total. The summed E-state index contributed by atoms with van der Waals surface area (Å²) in [4.78, 5) is 14.2. The Labute approximate surface area is 187 Å². The summed E-state index contributed by atoms with van der Waals surface area (Å²) in [6.45, 7) is 1.75. The fraction of sp³-hybridized carbons (Fsp3) is 0.381. The summed E-state index contributed by atoms with van der Waals surface area (Å²) >= 11 is 12.2. The van der Waals surface area contributed by atoms with Gasteiger partial charge in [-0.3, -0.25) is 0 Å². The average Bonchev–Trinajstić information content (AvgIpc) is 2.76. The molecular formula is C21H25Cl2N3O3S. The zero-order valence-corrected chi connectivity index (χ0v) is 19.1. The van der Waals surface area contributed by atoms with Crippen molar-refractivity contribution in [3.05, 3.63) is 63.6 Å². The highest BCUT2D eigenvalue weighted by molar-refractivity contribution is 7.89. The predicted octanol–water partition coefficient (Wildman–Crippen LogP) is 4.51. The molecule has 162 valence electrons. The Bertz CT molecular complexity index is 991. The Morgan fingerprint density at radius 3 is 2.40 bits per heavy atom. The standard InChI is InChI=1S/C21H25Cl2N3O3S/c1-25(15-17-6-5-7-19(22)20(17)23)21(27)24-14-16-8-10-18(11-9-16)30(28,29)26-12-3-2-4-13-26/h5-11H,2-4,12-15H2,1H3,(H,24,27). The summed E-state index contributed by atoms with van der Waals surface area (Å²) in [5.41, 5.74) is 1.57. The second-order valence-corrected chi connectivity index (χ2v) is 10.1. The molecule has 2 aromatic carbocycles. The van der Waals surface area contributed by atoms with Crippen molar-refractivity contribution in [2.75, 3.05) is 20.1 Å². The molecule has 0 bridgehead atoms. The molecule has 0 saturated carbocycles. The number of amides is 2. The van der Waals surface area contributed by atoms with Gasteiger partial charge in [-0.2, -0.15) is 4.31 Å². The van der Waals surface area contributed by atoms with Crippen molar-refractivity contribution in [3.63, 3.8) is 0 Å². The van der Waals surface area contributed by atoms with Crippen molar-refractivity contribution in [1.29, 1.82) is 0 Å². The van der Waals surface area contributed by atoms with Gasteiger partial charge in [-0.15, -0.1) is 0 Å². The fourth-order valence-corrected chi connectivity index (χ4v) is 5.24. The topological polar surface area (TPSA) is 69.7 Å². The third-order valence-corrected chi connectivity index (χ3v) is 7.88. The van der Waals surface area contributed by atoms with Crippen LogP contribution in [0.2, 0.25) is 10.0 Å². The fourth-order valence-electron chi connectivity index (χ4n) is 3.34. The Kier molecular flexibility index (Phi) is 7.63. The molecule has 2 aromatic rings. The van der Waals surface area contributed by atoms with Gasteiger partial charge in [0.25, 0.3) is 0 Å². The largest absolute Gasteiger partial charge is 0.334 e. The highest BCUT2D eigenvalue weighted by Gasteiger charge is 2.25. The van der Waals surface area contributed by atoms with Crippen LogP contribution in [0.25, 0.3) is 0 Å². The van der Waals surface area contributed by atoms with Gasteiger partial charge >= 0.3 is 6.03 Å². The minimum atomic E-state index is -3.45. The molecular weight excluding hydrogens is 445 g/mol. The van der Waals surface area contributed by atoms with Crippen LogP contribution in [0.15, 0.2) is 47.4 Å². The summed E-state index contributed by atoms with van der Waals surface area (Å²) < 4.78 is 27.0. The van der Waals surface area contributed by atoms with E-state index in [0.717, 1.165) is 30.4 Å². The molecule has 0 spiro atoms. The summed E-state index contributed by atoms with van der Waals surface area (Å²) in [6, 6.07) is 11.7. The van der Waals surface area contributed by atoms with Crippen LogP contribution in [0.3, 0.4) is 0 Å². The normalized spacial score (nSPS) is 15.0. The van der Waals surface area contributed by atoms with E-state index < -0.39 is 10.0 Å². The second kappa shape index (κ2) is 10.0. The van der Waals surface area contributed by atoms with E-state index in [0.29, 0.717) is 29.7 Å². The first-order valence-electron chi connectivity index (χ1n) is 9.80. The van der Waals surface area contributed by atoms with E-state index in [1.165, 1.54) is 4.90 Å². The van der Waals surface area contributed by atoms with Crippen molar-refractivity contribution < 1.29 is 13.2 Å². The Balaban J connectivity index is 1.56. The SMILES string of the molecule is CN(Cc1cccc(Cl)c1Cl)C(=O)NCc1ccc(S(=O)(=O)N2CCCCC2)cc1. The number of rotatable bonds is 6. The van der Waals surface area contributed by atoms with Gasteiger partial charge in [-0.1, -0.05) is 53.9 Å². The zero-order chi connectivity index (χ0) is 21.7. The molecule has 30 heavy (non-hydrogen) atoms. The predicted molar refractivity (Wildman–Crippen MR) is 119 cm³/mol. The van der Waals surface area contributed by atoms with Crippen LogP contribution in [0.1, 0.15) is 30.4 Å². The van der Waals surface area contributed by atoms with E-state index in [1.807, 2.05) is 6.07 Å². The maximum Gasteiger partial charge on any atom is 0.317 e. The number of nitrogens with one attached hydrogen (secondary N) is 1. The lowest BCUT2D eigenvalue weighted by Crippen LogP contribution is -2.36. The number of urea groups is 1. The number of piperidine rings is 1. The van der Waals surface area contributed by atoms with Crippen LogP contribution in [-0.4, -0.2) is 43.8 Å². The van der Waals surface area contributed by atoms with Crippen LogP contribution in [0.4, 0.5) is 4.79 Å². The van der Waals surface area contributed by atoms with E-state index >= 15 is 0 Å². The highest BCUT2D eigenvalue weighted by atomic mass is 35.5.